The smallest absolute Gasteiger partial charge is 0.159 e. The third-order valence-electron chi connectivity index (χ3n) is 2.05. The first-order valence-electron chi connectivity index (χ1n) is 5.06. The highest BCUT2D eigenvalue weighted by molar-refractivity contribution is 7.80. The Morgan fingerprint density at radius 3 is 2.38 bits per heavy atom. The third kappa shape index (κ3) is 9.77. The van der Waals surface area contributed by atoms with Crippen LogP contribution >= 0.6 is 12.2 Å². The zero-order chi connectivity index (χ0) is 10.1. The number of aliphatic hydroxyl groups excluding tert-OH is 2. The second-order valence-corrected chi connectivity index (χ2v) is 3.93. The van der Waals surface area contributed by atoms with E-state index in [1.54, 1.807) is 0 Å². The molecule has 1 unspecified atom stereocenters. The quantitative estimate of drug-likeness (QED) is 0.471. The van der Waals surface area contributed by atoms with Crippen LogP contribution in [0.1, 0.15) is 51.9 Å². The number of hydrogen-bond acceptors (Lipinski definition) is 2. The van der Waals surface area contributed by atoms with Crippen molar-refractivity contribution in [3.63, 3.8) is 0 Å². The predicted octanol–water partition coefficient (Wildman–Crippen LogP) is 2.98. The predicted molar refractivity (Wildman–Crippen MR) is 59.2 cm³/mol. The van der Waals surface area contributed by atoms with Gasteiger partial charge in [-0.25, -0.2) is 0 Å². The maximum atomic E-state index is 9.33. The molecule has 0 spiro atoms. The van der Waals surface area contributed by atoms with E-state index in [1.807, 2.05) is 0 Å². The molecule has 0 heterocycles. The highest BCUT2D eigenvalue weighted by atomic mass is 32.1. The van der Waals surface area contributed by atoms with Crippen molar-refractivity contribution < 1.29 is 10.2 Å². The van der Waals surface area contributed by atoms with Crippen LogP contribution < -0.4 is 0 Å². The maximum absolute atomic E-state index is 9.33. The summed E-state index contributed by atoms with van der Waals surface area (Å²) >= 11 is 4.49. The molecule has 0 aromatic heterocycles. The van der Waals surface area contributed by atoms with Gasteiger partial charge in [0.15, 0.2) is 5.05 Å². The minimum absolute atomic E-state index is 0.0824. The Morgan fingerprint density at radius 2 is 1.85 bits per heavy atom. The van der Waals surface area contributed by atoms with Crippen molar-refractivity contribution in [2.24, 2.45) is 0 Å². The van der Waals surface area contributed by atoms with E-state index in [-0.39, 0.29) is 11.5 Å². The van der Waals surface area contributed by atoms with Crippen LogP contribution in [-0.2, 0) is 0 Å². The van der Waals surface area contributed by atoms with Crippen LogP contribution in [0.3, 0.4) is 0 Å². The largest absolute Gasteiger partial charge is 0.502 e. The summed E-state index contributed by atoms with van der Waals surface area (Å²) in [6, 6.07) is 0. The van der Waals surface area contributed by atoms with E-state index in [4.69, 9.17) is 5.11 Å². The van der Waals surface area contributed by atoms with Crippen LogP contribution in [0.4, 0.5) is 0 Å². The second kappa shape index (κ2) is 8.45. The topological polar surface area (TPSA) is 40.5 Å². The van der Waals surface area contributed by atoms with Gasteiger partial charge in [-0.2, -0.15) is 0 Å². The molecule has 0 amide bonds. The van der Waals surface area contributed by atoms with Gasteiger partial charge in [0.05, 0.1) is 6.10 Å². The zero-order valence-electron chi connectivity index (χ0n) is 8.33. The van der Waals surface area contributed by atoms with Crippen LogP contribution in [0.15, 0.2) is 0 Å². The van der Waals surface area contributed by atoms with Crippen LogP contribution in [-0.4, -0.2) is 21.4 Å². The summed E-state index contributed by atoms with van der Waals surface area (Å²) in [5.41, 5.74) is 0. The fraction of sp³-hybridized carbons (Fsp3) is 0.900. The van der Waals surface area contributed by atoms with E-state index in [9.17, 15) is 5.11 Å². The van der Waals surface area contributed by atoms with E-state index in [2.05, 4.69) is 19.1 Å². The average molecular weight is 204 g/mol. The first kappa shape index (κ1) is 12.8. The number of aliphatic hydroxyl groups is 2. The van der Waals surface area contributed by atoms with Gasteiger partial charge in [0.2, 0.25) is 0 Å². The third-order valence-corrected chi connectivity index (χ3v) is 2.22. The molecule has 0 saturated carbocycles. The van der Waals surface area contributed by atoms with Crippen LogP contribution in [0, 0.1) is 0 Å². The lowest BCUT2D eigenvalue weighted by Gasteiger charge is -2.07. The summed E-state index contributed by atoms with van der Waals surface area (Å²) in [6.45, 7) is 2.18. The summed E-state index contributed by atoms with van der Waals surface area (Å²) in [6.07, 6.45) is 6.52. The molecule has 1 atom stereocenters. The first-order chi connectivity index (χ1) is 6.16. The van der Waals surface area contributed by atoms with Crippen molar-refractivity contribution in [2.75, 3.05) is 0 Å². The van der Waals surface area contributed by atoms with Crippen LogP contribution in [0.5, 0.6) is 0 Å². The fourth-order valence-electron chi connectivity index (χ4n) is 1.29. The molecule has 0 fully saturated rings. The van der Waals surface area contributed by atoms with Crippen LogP contribution in [0.2, 0.25) is 0 Å². The molecule has 2 nitrogen and oxygen atoms in total. The molecule has 0 saturated heterocycles. The summed E-state index contributed by atoms with van der Waals surface area (Å²) in [5, 5.41) is 18.0. The molecule has 3 heteroatoms. The molecule has 0 rings (SSSR count). The Bertz CT molecular complexity index is 137. The lowest BCUT2D eigenvalue weighted by molar-refractivity contribution is 0.164. The minimum Gasteiger partial charge on any atom is -0.502 e. The molecule has 0 aliphatic heterocycles. The van der Waals surface area contributed by atoms with E-state index in [1.165, 1.54) is 25.7 Å². The van der Waals surface area contributed by atoms with E-state index in [0.29, 0.717) is 0 Å². The van der Waals surface area contributed by atoms with Crippen molar-refractivity contribution in [3.8, 4) is 0 Å². The average Bonchev–Trinajstić information content (AvgIpc) is 2.02. The Hall–Kier alpha value is -0.150. The van der Waals surface area contributed by atoms with Gasteiger partial charge in [-0.1, -0.05) is 39.0 Å². The minimum atomic E-state index is -0.445. The molecule has 0 aliphatic rings. The molecule has 0 bridgehead atoms. The Kier molecular flexibility index (Phi) is 8.35. The number of rotatable bonds is 8. The monoisotopic (exact) mass is 204 g/mol. The zero-order valence-corrected chi connectivity index (χ0v) is 9.15. The second-order valence-electron chi connectivity index (χ2n) is 3.45. The van der Waals surface area contributed by atoms with Crippen molar-refractivity contribution in [1.29, 1.82) is 0 Å². The standard InChI is InChI=1S/C10H20O2S/c1-2-3-4-5-6-7-9(11)8-10(12)13/h9,11H,2-8H2,1H3,(H,12,13). The molecule has 0 aromatic carbocycles. The summed E-state index contributed by atoms with van der Waals surface area (Å²) in [7, 11) is 0. The van der Waals surface area contributed by atoms with Gasteiger partial charge in [0.1, 0.15) is 0 Å². The Balaban J connectivity index is 3.17. The molecule has 78 valence electrons. The summed E-state index contributed by atoms with van der Waals surface area (Å²) in [5.74, 6) is 0. The normalized spacial score (nSPS) is 12.8. The highest BCUT2D eigenvalue weighted by Crippen LogP contribution is 2.09. The molecule has 0 aromatic rings. The number of unbranched alkanes of at least 4 members (excludes halogenated alkanes) is 4. The molecule has 13 heavy (non-hydrogen) atoms. The maximum Gasteiger partial charge on any atom is 0.159 e. The van der Waals surface area contributed by atoms with Gasteiger partial charge in [-0.3, -0.25) is 0 Å². The molecular weight excluding hydrogens is 184 g/mol. The Labute approximate surface area is 86.0 Å². The molecule has 0 aliphatic carbocycles. The SMILES string of the molecule is CCCCCCCC(O)CC(O)=S. The van der Waals surface area contributed by atoms with Gasteiger partial charge >= 0.3 is 0 Å². The first-order valence-corrected chi connectivity index (χ1v) is 5.47. The number of hydrogen-bond donors (Lipinski definition) is 2. The van der Waals surface area contributed by atoms with Crippen molar-refractivity contribution >= 4 is 17.3 Å². The van der Waals surface area contributed by atoms with Gasteiger partial charge in [-0.15, -0.1) is 0 Å². The lowest BCUT2D eigenvalue weighted by atomic mass is 10.1. The van der Waals surface area contributed by atoms with Crippen molar-refractivity contribution in [2.45, 2.75) is 58.0 Å². The molecular formula is C10H20O2S. The van der Waals surface area contributed by atoms with Gasteiger partial charge < -0.3 is 10.2 Å². The van der Waals surface area contributed by atoms with Gasteiger partial charge in [0, 0.05) is 6.42 Å². The fourth-order valence-corrected chi connectivity index (χ4v) is 1.48. The van der Waals surface area contributed by atoms with Crippen molar-refractivity contribution in [3.05, 3.63) is 0 Å². The van der Waals surface area contributed by atoms with E-state index >= 15 is 0 Å². The summed E-state index contributed by atoms with van der Waals surface area (Å²) < 4.78 is 0. The van der Waals surface area contributed by atoms with Crippen LogP contribution in [0.25, 0.3) is 0 Å². The molecule has 2 N–H and O–H groups in total. The van der Waals surface area contributed by atoms with Gasteiger partial charge in [0.25, 0.3) is 0 Å². The van der Waals surface area contributed by atoms with Crippen molar-refractivity contribution in [1.82, 2.24) is 0 Å². The highest BCUT2D eigenvalue weighted by Gasteiger charge is 2.05. The van der Waals surface area contributed by atoms with E-state index in [0.717, 1.165) is 12.8 Å². The van der Waals surface area contributed by atoms with E-state index < -0.39 is 6.10 Å². The lowest BCUT2D eigenvalue weighted by Crippen LogP contribution is -2.11. The summed E-state index contributed by atoms with van der Waals surface area (Å²) in [4.78, 5) is 0. The van der Waals surface area contributed by atoms with Gasteiger partial charge in [-0.05, 0) is 18.6 Å². The molecule has 0 radical (unpaired) electrons. The number of thiocarbonyl (C=S) groups is 1. The Morgan fingerprint density at radius 1 is 1.23 bits per heavy atom.